The highest BCUT2D eigenvalue weighted by atomic mass is 32.5. The fraction of sp³-hybridized carbons (Fsp3) is 0.462. The van der Waals surface area contributed by atoms with Gasteiger partial charge < -0.3 is 5.32 Å². The molecule has 0 radical (unpaired) electrons. The molecule has 2 aliphatic rings. The molecule has 1 aromatic heterocycles. The number of carbonyl (C=O) groups is 2. The number of nitrogens with one attached hydrogen (secondary N) is 1. The number of amides is 2. The fourth-order valence-corrected chi connectivity index (χ4v) is 5.99. The third kappa shape index (κ3) is 6.63. The van der Waals surface area contributed by atoms with Crippen molar-refractivity contribution in [3.63, 3.8) is 0 Å². The maximum Gasteiger partial charge on any atom is 0.310 e. The monoisotopic (exact) mass is 589 g/mol. The van der Waals surface area contributed by atoms with Gasteiger partial charge in [-0.1, -0.05) is 45.6 Å². The number of rotatable bonds is 7. The molecule has 2 fully saturated rings. The summed E-state index contributed by atoms with van der Waals surface area (Å²) in [5.41, 5.74) is -0.380. The van der Waals surface area contributed by atoms with Crippen LogP contribution in [0.25, 0.3) is 0 Å². The lowest BCUT2D eigenvalue weighted by Crippen LogP contribution is -2.51. The van der Waals surface area contributed by atoms with Gasteiger partial charge in [-0.05, 0) is 55.5 Å². The van der Waals surface area contributed by atoms with Gasteiger partial charge in [0.25, 0.3) is 5.91 Å². The van der Waals surface area contributed by atoms with Crippen LogP contribution in [0.2, 0.25) is 0 Å². The van der Waals surface area contributed by atoms with Crippen molar-refractivity contribution in [3.05, 3.63) is 54.1 Å². The van der Waals surface area contributed by atoms with Gasteiger partial charge in [-0.25, -0.2) is 4.39 Å². The minimum Gasteiger partial charge on any atom is -0.351 e. The van der Waals surface area contributed by atoms with Crippen LogP contribution in [0.5, 0.6) is 0 Å². The molecule has 0 bridgehead atoms. The number of nitrogens with zero attached hydrogens (tertiary/aromatic N) is 4. The number of carbonyl (C=O) groups excluding carboxylic acids is 2. The van der Waals surface area contributed by atoms with Crippen LogP contribution >= 0.6 is 10.2 Å². The Bertz CT molecular complexity index is 1310. The zero-order valence-corrected chi connectivity index (χ0v) is 22.4. The van der Waals surface area contributed by atoms with Crippen molar-refractivity contribution in [3.8, 4) is 6.19 Å². The van der Waals surface area contributed by atoms with E-state index in [2.05, 4.69) is 10.3 Å². The predicted octanol–water partition coefficient (Wildman–Crippen LogP) is 6.59. The molecule has 2 aromatic rings. The molecular weight excluding hydrogens is 560 g/mol. The molecule has 1 aliphatic carbocycles. The molecule has 40 heavy (non-hydrogen) atoms. The van der Waals surface area contributed by atoms with E-state index in [0.717, 1.165) is 42.6 Å². The second-order valence-electron chi connectivity index (χ2n) is 10.5. The fourth-order valence-electron chi connectivity index (χ4n) is 5.34. The Morgan fingerprint density at radius 1 is 1.10 bits per heavy atom. The summed E-state index contributed by atoms with van der Waals surface area (Å²) in [5.74, 6) is -2.49. The lowest BCUT2D eigenvalue weighted by atomic mass is 9.94. The molecule has 0 spiro atoms. The Labute approximate surface area is 227 Å². The Kier molecular flexibility index (Phi) is 7.51. The second kappa shape index (κ2) is 10.2. The van der Waals surface area contributed by atoms with Gasteiger partial charge in [0.2, 0.25) is 5.91 Å². The van der Waals surface area contributed by atoms with E-state index in [1.165, 1.54) is 4.90 Å². The van der Waals surface area contributed by atoms with Gasteiger partial charge in [-0.2, -0.15) is 5.26 Å². The average Bonchev–Trinajstić information content (AvgIpc) is 3.27. The lowest BCUT2D eigenvalue weighted by molar-refractivity contribution is -0.128. The van der Waals surface area contributed by atoms with E-state index in [1.54, 1.807) is 6.92 Å². The van der Waals surface area contributed by atoms with E-state index < -0.39 is 44.8 Å². The molecule has 3 atom stereocenters. The van der Waals surface area contributed by atoms with E-state index in [1.807, 2.05) is 6.19 Å². The summed E-state index contributed by atoms with van der Waals surface area (Å²) in [4.78, 5) is 31.5. The summed E-state index contributed by atoms with van der Waals surface area (Å²) in [6.07, 6.45) is 8.17. The van der Waals surface area contributed by atoms with E-state index >= 15 is 0 Å². The molecule has 2 heterocycles. The van der Waals surface area contributed by atoms with Crippen molar-refractivity contribution >= 4 is 27.7 Å². The number of halogens is 6. The summed E-state index contributed by atoms with van der Waals surface area (Å²) >= 11 is 0. The van der Waals surface area contributed by atoms with Crippen LogP contribution in [0, 0.1) is 23.2 Å². The first-order valence-electron chi connectivity index (χ1n) is 12.8. The first-order chi connectivity index (χ1) is 18.6. The van der Waals surface area contributed by atoms with Crippen molar-refractivity contribution in [2.75, 3.05) is 11.4 Å². The maximum absolute atomic E-state index is 14.3. The first-order valence-corrected chi connectivity index (χ1v) is 14.8. The molecular formula is C26H29F6N5O2S. The summed E-state index contributed by atoms with van der Waals surface area (Å²) in [7, 11) is -10.0. The number of pyridine rings is 1. The topological polar surface area (TPSA) is 89.3 Å². The second-order valence-corrected chi connectivity index (χ2v) is 12.9. The third-order valence-electron chi connectivity index (χ3n) is 7.22. The zero-order valence-electron chi connectivity index (χ0n) is 21.6. The molecule has 1 saturated carbocycles. The highest BCUT2D eigenvalue weighted by Crippen LogP contribution is 3.02. The van der Waals surface area contributed by atoms with E-state index in [4.69, 9.17) is 0 Å². The van der Waals surface area contributed by atoms with Gasteiger partial charge in [0, 0.05) is 30.0 Å². The smallest absolute Gasteiger partial charge is 0.310 e. The van der Waals surface area contributed by atoms with Crippen molar-refractivity contribution < 1.29 is 33.4 Å². The molecule has 218 valence electrons. The predicted molar refractivity (Wildman–Crippen MR) is 137 cm³/mol. The number of aromatic nitrogens is 1. The van der Waals surface area contributed by atoms with Crippen molar-refractivity contribution in [1.29, 1.82) is 5.26 Å². The van der Waals surface area contributed by atoms with Gasteiger partial charge in [0.1, 0.15) is 22.8 Å². The first kappa shape index (κ1) is 29.5. The van der Waals surface area contributed by atoms with Crippen LogP contribution < -0.4 is 10.2 Å². The third-order valence-corrected chi connectivity index (χ3v) is 8.38. The summed E-state index contributed by atoms with van der Waals surface area (Å²) in [6, 6.07) is -0.323. The Morgan fingerprint density at radius 2 is 1.75 bits per heavy atom. The number of hydrogen-bond acceptors (Lipinski definition) is 5. The van der Waals surface area contributed by atoms with E-state index in [-0.39, 0.29) is 48.3 Å². The van der Waals surface area contributed by atoms with Crippen LogP contribution in [0.4, 0.5) is 29.5 Å². The van der Waals surface area contributed by atoms with Crippen molar-refractivity contribution in [2.24, 2.45) is 5.92 Å². The Balaban J connectivity index is 1.84. The van der Waals surface area contributed by atoms with E-state index in [0.29, 0.717) is 25.0 Å². The number of hydrogen-bond donors (Lipinski definition) is 1. The minimum atomic E-state index is -10.0. The zero-order chi connectivity index (χ0) is 29.4. The maximum atomic E-state index is 14.3. The minimum absolute atomic E-state index is 0.0759. The normalized spacial score (nSPS) is 22.5. The van der Waals surface area contributed by atoms with Crippen molar-refractivity contribution in [2.45, 2.75) is 68.5 Å². The largest absolute Gasteiger partial charge is 0.351 e. The SMILES string of the molecule is C[C@@H]1C[C@H](C(=O)N(c2ccc(S(F)(F)(F)(F)F)cc2)[C@@H](C(=O)NC2CCCCC2)c2cncc(F)c2)N(C#N)C1. The number of benzene rings is 1. The molecule has 4 rings (SSSR count). The number of nitriles is 1. The molecule has 1 saturated heterocycles. The molecule has 1 aliphatic heterocycles. The van der Waals surface area contributed by atoms with Crippen LogP contribution in [0.1, 0.15) is 57.1 Å². The number of likely N-dealkylation sites (tertiary alicyclic amines) is 1. The number of anilines is 1. The molecule has 1 N–H and O–H groups in total. The molecule has 14 heteroatoms. The van der Waals surface area contributed by atoms with Gasteiger partial charge in [-0.15, -0.1) is 0 Å². The summed E-state index contributed by atoms with van der Waals surface area (Å²) < 4.78 is 81.5. The van der Waals surface area contributed by atoms with E-state index in [9.17, 15) is 38.7 Å². The molecule has 7 nitrogen and oxygen atoms in total. The lowest BCUT2D eigenvalue weighted by Gasteiger charge is -2.41. The van der Waals surface area contributed by atoms with Crippen LogP contribution in [-0.4, -0.2) is 40.3 Å². The van der Waals surface area contributed by atoms with Crippen LogP contribution in [-0.2, 0) is 9.59 Å². The Hall–Kier alpha value is -3.47. The van der Waals surface area contributed by atoms with Gasteiger partial charge >= 0.3 is 10.2 Å². The standard InChI is InChI=1S/C26H29F6N5O2S/c1-17-11-23(36(15-17)16-33)26(39)37(21-7-9-22(10-8-21)40(28,29,30,31)32)24(18-12-19(27)14-34-13-18)25(38)35-20-5-3-2-4-6-20/h7-10,12-14,17,20,23-24H,2-6,11,15H2,1H3,(H,35,38)/t17-,23-,24-/m1/s1. The molecule has 0 unspecified atom stereocenters. The summed E-state index contributed by atoms with van der Waals surface area (Å²) in [5, 5.41) is 12.5. The average molecular weight is 590 g/mol. The summed E-state index contributed by atoms with van der Waals surface area (Å²) in [6.45, 7) is 2.03. The highest BCUT2D eigenvalue weighted by molar-refractivity contribution is 8.45. The highest BCUT2D eigenvalue weighted by Gasteiger charge is 2.65. The molecule has 1 aromatic carbocycles. The van der Waals surface area contributed by atoms with Gasteiger partial charge in [-0.3, -0.25) is 24.4 Å². The molecule has 2 amide bonds. The van der Waals surface area contributed by atoms with Crippen LogP contribution in [0.3, 0.4) is 0 Å². The Morgan fingerprint density at radius 3 is 2.33 bits per heavy atom. The van der Waals surface area contributed by atoms with Gasteiger partial charge in [0.05, 0.1) is 6.20 Å². The van der Waals surface area contributed by atoms with Crippen LogP contribution in [0.15, 0.2) is 47.6 Å². The van der Waals surface area contributed by atoms with Crippen molar-refractivity contribution in [1.82, 2.24) is 15.2 Å². The quantitative estimate of drug-likeness (QED) is 0.291. The van der Waals surface area contributed by atoms with Gasteiger partial charge in [0.15, 0.2) is 6.19 Å².